The first kappa shape index (κ1) is 15.2. The van der Waals surface area contributed by atoms with Gasteiger partial charge in [-0.2, -0.15) is 0 Å². The molecule has 0 spiro atoms. The van der Waals surface area contributed by atoms with Gasteiger partial charge in [0.25, 0.3) is 0 Å². The molecule has 0 unspecified atom stereocenters. The van der Waals surface area contributed by atoms with Gasteiger partial charge in [-0.05, 0) is 24.5 Å². The van der Waals surface area contributed by atoms with Crippen molar-refractivity contribution in [3.63, 3.8) is 0 Å². The summed E-state index contributed by atoms with van der Waals surface area (Å²) in [5.74, 6) is -1.23. The number of rotatable bonds is 4. The Bertz CT molecular complexity index is 456. The Balaban J connectivity index is 2.69. The van der Waals surface area contributed by atoms with Crippen LogP contribution < -0.4 is 10.6 Å². The second kappa shape index (κ2) is 6.89. The molecule has 19 heavy (non-hydrogen) atoms. The van der Waals surface area contributed by atoms with Gasteiger partial charge in [0.2, 0.25) is 0 Å². The Morgan fingerprint density at radius 3 is 2.37 bits per heavy atom. The van der Waals surface area contributed by atoms with Crippen molar-refractivity contribution in [2.24, 2.45) is 0 Å². The summed E-state index contributed by atoms with van der Waals surface area (Å²) < 4.78 is 0. The summed E-state index contributed by atoms with van der Waals surface area (Å²) in [5, 5.41) is 14.0. The van der Waals surface area contributed by atoms with Crippen LogP contribution in [0.1, 0.15) is 32.3 Å². The molecule has 1 atom stereocenters. The molecule has 0 heterocycles. The summed E-state index contributed by atoms with van der Waals surface area (Å²) in [6.07, 6.45) is -0.681. The number of aliphatic hydroxyl groups excluding tert-OH is 1. The SMILES string of the molecule is CC(C)c1ccccc1NC(=O)C(=O)NC[C@@H](C)O. The van der Waals surface area contributed by atoms with Crippen LogP contribution in [-0.2, 0) is 9.59 Å². The van der Waals surface area contributed by atoms with Crippen LogP contribution in [-0.4, -0.2) is 29.6 Å². The van der Waals surface area contributed by atoms with Gasteiger partial charge in [-0.1, -0.05) is 32.0 Å². The predicted octanol–water partition coefficient (Wildman–Crippen LogP) is 1.25. The number of hydrogen-bond donors (Lipinski definition) is 3. The van der Waals surface area contributed by atoms with E-state index in [4.69, 9.17) is 5.11 Å². The van der Waals surface area contributed by atoms with Crippen molar-refractivity contribution in [3.05, 3.63) is 29.8 Å². The fourth-order valence-corrected chi connectivity index (χ4v) is 1.61. The largest absolute Gasteiger partial charge is 0.392 e. The number of benzene rings is 1. The molecule has 0 aliphatic carbocycles. The van der Waals surface area contributed by atoms with Crippen LogP contribution in [0.5, 0.6) is 0 Å². The second-order valence-corrected chi connectivity index (χ2v) is 4.76. The van der Waals surface area contributed by atoms with E-state index >= 15 is 0 Å². The summed E-state index contributed by atoms with van der Waals surface area (Å²) in [7, 11) is 0. The topological polar surface area (TPSA) is 78.4 Å². The molecule has 3 N–H and O–H groups in total. The molecular formula is C14H20N2O3. The molecular weight excluding hydrogens is 244 g/mol. The molecule has 0 aliphatic heterocycles. The monoisotopic (exact) mass is 264 g/mol. The van der Waals surface area contributed by atoms with Crippen LogP contribution in [0.15, 0.2) is 24.3 Å². The minimum absolute atomic E-state index is 0.0537. The predicted molar refractivity (Wildman–Crippen MR) is 73.9 cm³/mol. The van der Waals surface area contributed by atoms with E-state index in [1.54, 1.807) is 12.1 Å². The van der Waals surface area contributed by atoms with E-state index in [2.05, 4.69) is 10.6 Å². The third-order valence-electron chi connectivity index (χ3n) is 2.60. The fraction of sp³-hybridized carbons (Fsp3) is 0.429. The first-order chi connectivity index (χ1) is 8.91. The lowest BCUT2D eigenvalue weighted by molar-refractivity contribution is -0.136. The number of nitrogens with one attached hydrogen (secondary N) is 2. The van der Waals surface area contributed by atoms with Crippen molar-refractivity contribution < 1.29 is 14.7 Å². The van der Waals surface area contributed by atoms with Gasteiger partial charge < -0.3 is 15.7 Å². The maximum Gasteiger partial charge on any atom is 0.313 e. The van der Waals surface area contributed by atoms with Gasteiger partial charge in [0, 0.05) is 12.2 Å². The summed E-state index contributed by atoms with van der Waals surface area (Å²) >= 11 is 0. The van der Waals surface area contributed by atoms with Crippen molar-refractivity contribution in [1.82, 2.24) is 5.32 Å². The Morgan fingerprint density at radius 2 is 1.79 bits per heavy atom. The molecule has 1 aromatic carbocycles. The van der Waals surface area contributed by atoms with Crippen molar-refractivity contribution in [2.45, 2.75) is 32.8 Å². The van der Waals surface area contributed by atoms with Crippen LogP contribution in [0, 0.1) is 0 Å². The maximum atomic E-state index is 11.7. The number of amides is 2. The van der Waals surface area contributed by atoms with Gasteiger partial charge in [-0.15, -0.1) is 0 Å². The third-order valence-corrected chi connectivity index (χ3v) is 2.60. The molecule has 0 aromatic heterocycles. The van der Waals surface area contributed by atoms with Crippen molar-refractivity contribution in [3.8, 4) is 0 Å². The summed E-state index contributed by atoms with van der Waals surface area (Å²) in [5.41, 5.74) is 1.61. The zero-order chi connectivity index (χ0) is 14.4. The summed E-state index contributed by atoms with van der Waals surface area (Å²) in [6, 6.07) is 7.36. The lowest BCUT2D eigenvalue weighted by Crippen LogP contribution is -2.39. The fourth-order valence-electron chi connectivity index (χ4n) is 1.61. The molecule has 1 aromatic rings. The molecule has 0 bridgehead atoms. The zero-order valence-corrected chi connectivity index (χ0v) is 11.4. The molecule has 0 fully saturated rings. The average Bonchev–Trinajstić information content (AvgIpc) is 2.36. The molecule has 0 saturated carbocycles. The Kier molecular flexibility index (Phi) is 5.51. The van der Waals surface area contributed by atoms with E-state index in [1.807, 2.05) is 26.0 Å². The third kappa shape index (κ3) is 4.71. The maximum absolute atomic E-state index is 11.7. The van der Waals surface area contributed by atoms with E-state index in [-0.39, 0.29) is 12.5 Å². The number of carbonyl (C=O) groups is 2. The summed E-state index contributed by atoms with van der Waals surface area (Å²) in [6.45, 7) is 5.61. The van der Waals surface area contributed by atoms with Crippen LogP contribution in [0.4, 0.5) is 5.69 Å². The number of carbonyl (C=O) groups excluding carboxylic acids is 2. The quantitative estimate of drug-likeness (QED) is 0.716. The molecule has 0 aliphatic rings. The van der Waals surface area contributed by atoms with Gasteiger partial charge >= 0.3 is 11.8 Å². The highest BCUT2D eigenvalue weighted by molar-refractivity contribution is 6.39. The van der Waals surface area contributed by atoms with Gasteiger partial charge in [0.05, 0.1) is 6.10 Å². The Labute approximate surface area is 113 Å². The highest BCUT2D eigenvalue weighted by Crippen LogP contribution is 2.23. The van der Waals surface area contributed by atoms with Gasteiger partial charge in [0.15, 0.2) is 0 Å². The zero-order valence-electron chi connectivity index (χ0n) is 11.4. The van der Waals surface area contributed by atoms with Gasteiger partial charge in [-0.3, -0.25) is 9.59 Å². The van der Waals surface area contributed by atoms with Crippen LogP contribution in [0.25, 0.3) is 0 Å². The minimum Gasteiger partial charge on any atom is -0.392 e. The highest BCUT2D eigenvalue weighted by Gasteiger charge is 2.16. The van der Waals surface area contributed by atoms with Gasteiger partial charge in [0.1, 0.15) is 0 Å². The minimum atomic E-state index is -0.751. The molecule has 0 radical (unpaired) electrons. The number of hydrogen-bond acceptors (Lipinski definition) is 3. The number of aliphatic hydroxyl groups is 1. The second-order valence-electron chi connectivity index (χ2n) is 4.76. The van der Waals surface area contributed by atoms with E-state index in [0.717, 1.165) is 5.56 Å². The first-order valence-electron chi connectivity index (χ1n) is 6.28. The first-order valence-corrected chi connectivity index (χ1v) is 6.28. The Hall–Kier alpha value is -1.88. The van der Waals surface area contributed by atoms with Crippen LogP contribution in [0.2, 0.25) is 0 Å². The van der Waals surface area contributed by atoms with E-state index < -0.39 is 17.9 Å². The van der Waals surface area contributed by atoms with Crippen molar-refractivity contribution in [1.29, 1.82) is 0 Å². The van der Waals surface area contributed by atoms with Crippen LogP contribution in [0.3, 0.4) is 0 Å². The van der Waals surface area contributed by atoms with Crippen molar-refractivity contribution >= 4 is 17.5 Å². The normalized spacial score (nSPS) is 12.1. The Morgan fingerprint density at radius 1 is 1.16 bits per heavy atom. The molecule has 104 valence electrons. The van der Waals surface area contributed by atoms with Crippen LogP contribution >= 0.6 is 0 Å². The molecule has 1 rings (SSSR count). The molecule has 5 heteroatoms. The van der Waals surface area contributed by atoms with Gasteiger partial charge in [-0.25, -0.2) is 0 Å². The lowest BCUT2D eigenvalue weighted by atomic mass is 10.0. The number of anilines is 1. The van der Waals surface area contributed by atoms with Crippen molar-refractivity contribution in [2.75, 3.05) is 11.9 Å². The average molecular weight is 264 g/mol. The molecule has 5 nitrogen and oxygen atoms in total. The molecule has 2 amide bonds. The van der Waals surface area contributed by atoms with E-state index in [1.165, 1.54) is 6.92 Å². The standard InChI is InChI=1S/C14H20N2O3/c1-9(2)11-6-4-5-7-12(11)16-14(19)13(18)15-8-10(3)17/h4-7,9-10,17H,8H2,1-3H3,(H,15,18)(H,16,19)/t10-/m1/s1. The van der Waals surface area contributed by atoms with E-state index in [9.17, 15) is 9.59 Å². The smallest absolute Gasteiger partial charge is 0.313 e. The van der Waals surface area contributed by atoms with E-state index in [0.29, 0.717) is 5.69 Å². The summed E-state index contributed by atoms with van der Waals surface area (Å²) in [4.78, 5) is 23.2. The highest BCUT2D eigenvalue weighted by atomic mass is 16.3. The number of para-hydroxylation sites is 1. The lowest BCUT2D eigenvalue weighted by Gasteiger charge is -2.13. The molecule has 0 saturated heterocycles.